The monoisotopic (exact) mass is 315 g/mol. The van der Waals surface area contributed by atoms with Crippen molar-refractivity contribution in [3.05, 3.63) is 23.7 Å². The topological polar surface area (TPSA) is 68.0 Å². The fraction of sp³-hybridized carbons (Fsp3) is 0.611. The first-order valence-electron chi connectivity index (χ1n) is 8.69. The summed E-state index contributed by atoms with van der Waals surface area (Å²) in [6, 6.07) is 2.10. The van der Waals surface area contributed by atoms with Gasteiger partial charge in [-0.3, -0.25) is 4.79 Å². The molecular formula is C18H25N3O2. The summed E-state index contributed by atoms with van der Waals surface area (Å²) in [5, 5.41) is 8.80. The Kier molecular flexibility index (Phi) is 4.94. The van der Waals surface area contributed by atoms with Crippen molar-refractivity contribution in [1.82, 2.24) is 14.5 Å². The van der Waals surface area contributed by atoms with Crippen molar-refractivity contribution in [2.45, 2.75) is 70.8 Å². The summed E-state index contributed by atoms with van der Waals surface area (Å²) in [5.41, 5.74) is 3.05. The number of hydrogen-bond donors (Lipinski definition) is 1. The van der Waals surface area contributed by atoms with E-state index in [1.807, 2.05) is 13.1 Å². The van der Waals surface area contributed by atoms with E-state index in [2.05, 4.69) is 15.6 Å². The molecule has 1 saturated carbocycles. The zero-order valence-corrected chi connectivity index (χ0v) is 13.8. The van der Waals surface area contributed by atoms with Gasteiger partial charge in [0.05, 0.1) is 0 Å². The first kappa shape index (κ1) is 16.0. The highest BCUT2D eigenvalue weighted by Gasteiger charge is 2.22. The molecule has 0 spiro atoms. The number of hydrogen-bond acceptors (Lipinski definition) is 3. The first-order valence-corrected chi connectivity index (χ1v) is 8.69. The molecule has 1 fully saturated rings. The molecule has 2 heterocycles. The Hall–Kier alpha value is -1.91. The SMILES string of the molecule is Cc1cnc2c(c1)nc(C1CCCCC1)n2CCCCC(=O)O. The average molecular weight is 315 g/mol. The number of carboxylic acid groups (broad SMARTS) is 1. The molecule has 1 N–H and O–H groups in total. The lowest BCUT2D eigenvalue weighted by atomic mass is 9.88. The predicted octanol–water partition coefficient (Wildman–Crippen LogP) is 4.04. The summed E-state index contributed by atoms with van der Waals surface area (Å²) in [6.07, 6.45) is 9.97. The fourth-order valence-corrected chi connectivity index (χ4v) is 3.57. The molecule has 3 rings (SSSR count). The summed E-state index contributed by atoms with van der Waals surface area (Å²) < 4.78 is 2.24. The molecule has 2 aromatic rings. The molecule has 0 saturated heterocycles. The molecule has 2 aromatic heterocycles. The number of pyridine rings is 1. The minimum atomic E-state index is -0.721. The summed E-state index contributed by atoms with van der Waals surface area (Å²) >= 11 is 0. The van der Waals surface area contributed by atoms with Crippen LogP contribution in [0.3, 0.4) is 0 Å². The third kappa shape index (κ3) is 3.71. The number of fused-ring (bicyclic) bond motifs is 1. The van der Waals surface area contributed by atoms with Gasteiger partial charge >= 0.3 is 5.97 Å². The summed E-state index contributed by atoms with van der Waals surface area (Å²) in [6.45, 7) is 2.85. The van der Waals surface area contributed by atoms with E-state index in [-0.39, 0.29) is 6.42 Å². The van der Waals surface area contributed by atoms with E-state index in [0.29, 0.717) is 12.3 Å². The highest BCUT2D eigenvalue weighted by molar-refractivity contribution is 5.72. The van der Waals surface area contributed by atoms with Crippen LogP contribution in [0.25, 0.3) is 11.2 Å². The van der Waals surface area contributed by atoms with Crippen molar-refractivity contribution >= 4 is 17.1 Å². The van der Waals surface area contributed by atoms with Crippen LogP contribution in [0.1, 0.15) is 68.7 Å². The number of aliphatic carboxylic acids is 1. The smallest absolute Gasteiger partial charge is 0.303 e. The van der Waals surface area contributed by atoms with Crippen LogP contribution < -0.4 is 0 Å². The minimum absolute atomic E-state index is 0.234. The van der Waals surface area contributed by atoms with Crippen LogP contribution in [-0.2, 0) is 11.3 Å². The molecule has 0 amide bonds. The Bertz CT molecular complexity index is 687. The third-order valence-electron chi connectivity index (χ3n) is 4.74. The van der Waals surface area contributed by atoms with E-state index in [1.165, 1.54) is 32.1 Å². The van der Waals surface area contributed by atoms with Gasteiger partial charge in [-0.15, -0.1) is 0 Å². The molecule has 23 heavy (non-hydrogen) atoms. The zero-order chi connectivity index (χ0) is 16.2. The normalized spacial score (nSPS) is 16.0. The second-order valence-corrected chi connectivity index (χ2v) is 6.66. The lowest BCUT2D eigenvalue weighted by Gasteiger charge is -2.22. The highest BCUT2D eigenvalue weighted by Crippen LogP contribution is 2.33. The van der Waals surface area contributed by atoms with E-state index in [9.17, 15) is 4.79 Å². The zero-order valence-electron chi connectivity index (χ0n) is 13.8. The van der Waals surface area contributed by atoms with Crippen LogP contribution in [-0.4, -0.2) is 25.6 Å². The van der Waals surface area contributed by atoms with Gasteiger partial charge in [0.25, 0.3) is 0 Å². The first-order chi connectivity index (χ1) is 11.1. The lowest BCUT2D eigenvalue weighted by Crippen LogP contribution is -2.13. The van der Waals surface area contributed by atoms with Crippen molar-refractivity contribution < 1.29 is 9.90 Å². The van der Waals surface area contributed by atoms with Gasteiger partial charge in [-0.2, -0.15) is 0 Å². The van der Waals surface area contributed by atoms with Gasteiger partial charge in [-0.1, -0.05) is 19.3 Å². The fourth-order valence-electron chi connectivity index (χ4n) is 3.57. The number of rotatable bonds is 6. The number of unbranched alkanes of at least 4 members (excludes halogenated alkanes) is 1. The van der Waals surface area contributed by atoms with Crippen LogP contribution in [0, 0.1) is 6.92 Å². The number of carbonyl (C=O) groups is 1. The molecule has 0 aliphatic heterocycles. The molecule has 0 atom stereocenters. The maximum absolute atomic E-state index is 10.7. The van der Waals surface area contributed by atoms with Crippen LogP contribution in [0.2, 0.25) is 0 Å². The standard InChI is InChI=1S/C18H25N3O2/c1-13-11-15-18(19-12-13)21(10-6-5-9-16(22)23)17(20-15)14-7-3-2-4-8-14/h11-12,14H,2-10H2,1H3,(H,22,23). The summed E-state index contributed by atoms with van der Waals surface area (Å²) in [5.74, 6) is 0.965. The Balaban J connectivity index is 1.86. The highest BCUT2D eigenvalue weighted by atomic mass is 16.4. The van der Waals surface area contributed by atoms with Crippen molar-refractivity contribution in [2.75, 3.05) is 0 Å². The van der Waals surface area contributed by atoms with E-state index in [0.717, 1.165) is 35.5 Å². The number of carboxylic acids is 1. The van der Waals surface area contributed by atoms with E-state index >= 15 is 0 Å². The molecule has 0 radical (unpaired) electrons. The summed E-state index contributed by atoms with van der Waals surface area (Å²) in [4.78, 5) is 20.2. The maximum Gasteiger partial charge on any atom is 0.303 e. The molecule has 0 unspecified atom stereocenters. The Morgan fingerprint density at radius 1 is 1.30 bits per heavy atom. The second kappa shape index (κ2) is 7.11. The molecule has 5 nitrogen and oxygen atoms in total. The van der Waals surface area contributed by atoms with Gasteiger partial charge < -0.3 is 9.67 Å². The lowest BCUT2D eigenvalue weighted by molar-refractivity contribution is -0.137. The molecule has 5 heteroatoms. The Morgan fingerprint density at radius 3 is 2.83 bits per heavy atom. The van der Waals surface area contributed by atoms with Gasteiger partial charge in [0.15, 0.2) is 5.65 Å². The van der Waals surface area contributed by atoms with Gasteiger partial charge in [0.1, 0.15) is 11.3 Å². The predicted molar refractivity (Wildman–Crippen MR) is 89.6 cm³/mol. The third-order valence-corrected chi connectivity index (χ3v) is 4.74. The second-order valence-electron chi connectivity index (χ2n) is 6.66. The largest absolute Gasteiger partial charge is 0.481 e. The van der Waals surface area contributed by atoms with Gasteiger partial charge in [-0.25, -0.2) is 9.97 Å². The molecule has 1 aliphatic rings. The number of nitrogens with zero attached hydrogens (tertiary/aromatic N) is 3. The number of aryl methyl sites for hydroxylation is 2. The number of imidazole rings is 1. The van der Waals surface area contributed by atoms with Crippen LogP contribution >= 0.6 is 0 Å². The molecule has 1 aliphatic carbocycles. The average Bonchev–Trinajstić information content (AvgIpc) is 2.90. The van der Waals surface area contributed by atoms with E-state index < -0.39 is 5.97 Å². The van der Waals surface area contributed by atoms with Crippen LogP contribution in [0.15, 0.2) is 12.3 Å². The van der Waals surface area contributed by atoms with Crippen LogP contribution in [0.4, 0.5) is 0 Å². The Labute approximate surface area is 136 Å². The summed E-state index contributed by atoms with van der Waals surface area (Å²) in [7, 11) is 0. The van der Waals surface area contributed by atoms with Crippen molar-refractivity contribution in [2.24, 2.45) is 0 Å². The van der Waals surface area contributed by atoms with Gasteiger partial charge in [0.2, 0.25) is 0 Å². The molecule has 0 aromatic carbocycles. The molecule has 124 valence electrons. The minimum Gasteiger partial charge on any atom is -0.481 e. The van der Waals surface area contributed by atoms with Crippen molar-refractivity contribution in [3.63, 3.8) is 0 Å². The quantitative estimate of drug-likeness (QED) is 0.817. The van der Waals surface area contributed by atoms with Gasteiger partial charge in [-0.05, 0) is 44.2 Å². The molecular weight excluding hydrogens is 290 g/mol. The van der Waals surface area contributed by atoms with E-state index in [1.54, 1.807) is 0 Å². The maximum atomic E-state index is 10.7. The van der Waals surface area contributed by atoms with Crippen LogP contribution in [0.5, 0.6) is 0 Å². The van der Waals surface area contributed by atoms with Crippen molar-refractivity contribution in [3.8, 4) is 0 Å². The van der Waals surface area contributed by atoms with E-state index in [4.69, 9.17) is 10.1 Å². The molecule has 0 bridgehead atoms. The van der Waals surface area contributed by atoms with Gasteiger partial charge in [0, 0.05) is 25.1 Å². The van der Waals surface area contributed by atoms with Crippen molar-refractivity contribution in [1.29, 1.82) is 0 Å². The Morgan fingerprint density at radius 2 is 2.09 bits per heavy atom. The number of aromatic nitrogens is 3.